The summed E-state index contributed by atoms with van der Waals surface area (Å²) >= 11 is 0. The molecule has 6 nitrogen and oxygen atoms in total. The van der Waals surface area contributed by atoms with Crippen LogP contribution in [0.15, 0.2) is 18.3 Å². The molecular weight excluding hydrogens is 272 g/mol. The van der Waals surface area contributed by atoms with Crippen molar-refractivity contribution in [2.45, 2.75) is 20.3 Å². The van der Waals surface area contributed by atoms with Gasteiger partial charge in [0, 0.05) is 19.3 Å². The summed E-state index contributed by atoms with van der Waals surface area (Å²) in [4.78, 5) is 29.5. The minimum atomic E-state index is -0.786. The molecule has 1 aliphatic rings. The Labute approximate surface area is 123 Å². The smallest absolute Gasteiger partial charge is 0.306 e. The molecule has 2 rings (SSSR count). The molecule has 1 saturated heterocycles. The number of carboxylic acids is 1. The highest BCUT2D eigenvalue weighted by Crippen LogP contribution is 2.26. The van der Waals surface area contributed by atoms with Gasteiger partial charge in [0.2, 0.25) is 5.88 Å². The lowest BCUT2D eigenvalue weighted by Crippen LogP contribution is -2.45. The zero-order valence-electron chi connectivity index (χ0n) is 12.3. The Kier molecular flexibility index (Phi) is 4.77. The molecule has 2 heterocycles. The van der Waals surface area contributed by atoms with Gasteiger partial charge in [-0.05, 0) is 31.4 Å². The second kappa shape index (κ2) is 6.56. The van der Waals surface area contributed by atoms with Crippen molar-refractivity contribution in [2.75, 3.05) is 19.7 Å². The first-order chi connectivity index (χ1) is 10.0. The maximum Gasteiger partial charge on any atom is 0.306 e. The zero-order valence-corrected chi connectivity index (χ0v) is 12.3. The number of carbonyl (C=O) groups is 2. The number of amides is 1. The highest BCUT2D eigenvalue weighted by molar-refractivity contribution is 5.96. The molecule has 1 fully saturated rings. The van der Waals surface area contributed by atoms with Gasteiger partial charge in [-0.25, -0.2) is 4.98 Å². The Morgan fingerprint density at radius 2 is 2.29 bits per heavy atom. The van der Waals surface area contributed by atoms with Crippen molar-refractivity contribution in [1.82, 2.24) is 9.88 Å². The molecule has 0 saturated carbocycles. The third-order valence-corrected chi connectivity index (χ3v) is 3.79. The summed E-state index contributed by atoms with van der Waals surface area (Å²) in [6.07, 6.45) is 2.06. The summed E-state index contributed by atoms with van der Waals surface area (Å²) in [7, 11) is 0. The molecule has 2 unspecified atom stereocenters. The van der Waals surface area contributed by atoms with Crippen LogP contribution in [0.2, 0.25) is 0 Å². The summed E-state index contributed by atoms with van der Waals surface area (Å²) in [5.41, 5.74) is 0.431. The number of nitrogens with zero attached hydrogens (tertiary/aromatic N) is 2. The lowest BCUT2D eigenvalue weighted by Gasteiger charge is -2.35. The van der Waals surface area contributed by atoms with Crippen LogP contribution in [0.1, 0.15) is 30.6 Å². The van der Waals surface area contributed by atoms with Crippen molar-refractivity contribution in [3.8, 4) is 5.88 Å². The lowest BCUT2D eigenvalue weighted by molar-refractivity contribution is -0.145. The van der Waals surface area contributed by atoms with Gasteiger partial charge in [-0.2, -0.15) is 0 Å². The predicted octanol–water partition coefficient (Wildman–Crippen LogP) is 1.66. The van der Waals surface area contributed by atoms with Crippen LogP contribution in [0.25, 0.3) is 0 Å². The third kappa shape index (κ3) is 3.32. The number of likely N-dealkylation sites (tertiary alicyclic amines) is 1. The number of aliphatic carboxylic acids is 1. The normalized spacial score (nSPS) is 21.9. The van der Waals surface area contributed by atoms with Crippen molar-refractivity contribution >= 4 is 11.9 Å². The van der Waals surface area contributed by atoms with E-state index < -0.39 is 5.97 Å². The van der Waals surface area contributed by atoms with E-state index in [1.807, 2.05) is 13.8 Å². The molecule has 6 heteroatoms. The van der Waals surface area contributed by atoms with Gasteiger partial charge in [-0.1, -0.05) is 6.92 Å². The van der Waals surface area contributed by atoms with Crippen LogP contribution in [0.3, 0.4) is 0 Å². The fourth-order valence-corrected chi connectivity index (χ4v) is 2.67. The molecular formula is C15H20N2O4. The first kappa shape index (κ1) is 15.3. The number of hydrogen-bond acceptors (Lipinski definition) is 4. The number of hydrogen-bond donors (Lipinski definition) is 1. The van der Waals surface area contributed by atoms with Gasteiger partial charge in [-0.3, -0.25) is 9.59 Å². The van der Waals surface area contributed by atoms with Crippen LogP contribution in [0.5, 0.6) is 5.88 Å². The maximum absolute atomic E-state index is 12.6. The molecule has 0 aliphatic carbocycles. The number of piperidine rings is 1. The monoisotopic (exact) mass is 292 g/mol. The molecule has 0 aromatic carbocycles. The molecule has 1 N–H and O–H groups in total. The van der Waals surface area contributed by atoms with Gasteiger partial charge in [0.15, 0.2) is 0 Å². The van der Waals surface area contributed by atoms with Gasteiger partial charge in [0.1, 0.15) is 5.56 Å². The molecule has 0 radical (unpaired) electrons. The van der Waals surface area contributed by atoms with Crippen molar-refractivity contribution in [2.24, 2.45) is 11.8 Å². The second-order valence-electron chi connectivity index (χ2n) is 5.25. The summed E-state index contributed by atoms with van der Waals surface area (Å²) < 4.78 is 5.38. The van der Waals surface area contributed by atoms with Crippen molar-refractivity contribution < 1.29 is 19.4 Å². The standard InChI is InChI=1S/C15H20N2O4/c1-3-21-13-12(5-4-7-16-13)14(18)17-8-6-11(15(19)20)10(2)9-17/h4-5,7,10-11H,3,6,8-9H2,1-2H3,(H,19,20). The number of ether oxygens (including phenoxy) is 1. The van der Waals surface area contributed by atoms with Crippen molar-refractivity contribution in [1.29, 1.82) is 0 Å². The molecule has 114 valence electrons. The number of aromatic nitrogens is 1. The van der Waals surface area contributed by atoms with E-state index in [0.29, 0.717) is 37.6 Å². The molecule has 21 heavy (non-hydrogen) atoms. The molecule has 0 spiro atoms. The molecule has 1 amide bonds. The number of carbonyl (C=O) groups excluding carboxylic acids is 1. The molecule has 2 atom stereocenters. The molecule has 1 aliphatic heterocycles. The van der Waals surface area contributed by atoms with Gasteiger partial charge in [0.05, 0.1) is 12.5 Å². The summed E-state index contributed by atoms with van der Waals surface area (Å²) in [6, 6.07) is 3.39. The zero-order chi connectivity index (χ0) is 15.4. The van der Waals surface area contributed by atoms with Gasteiger partial charge in [-0.15, -0.1) is 0 Å². The van der Waals surface area contributed by atoms with E-state index in [1.54, 1.807) is 23.2 Å². The Morgan fingerprint density at radius 3 is 2.90 bits per heavy atom. The van der Waals surface area contributed by atoms with E-state index in [9.17, 15) is 9.59 Å². The Balaban J connectivity index is 2.13. The topological polar surface area (TPSA) is 79.7 Å². The van der Waals surface area contributed by atoms with Crippen LogP contribution in [-0.4, -0.2) is 46.6 Å². The number of pyridine rings is 1. The van der Waals surface area contributed by atoms with Gasteiger partial charge < -0.3 is 14.7 Å². The maximum atomic E-state index is 12.6. The van der Waals surface area contributed by atoms with E-state index in [1.165, 1.54) is 0 Å². The third-order valence-electron chi connectivity index (χ3n) is 3.79. The number of carboxylic acid groups (broad SMARTS) is 1. The highest BCUT2D eigenvalue weighted by Gasteiger charge is 2.34. The predicted molar refractivity (Wildman–Crippen MR) is 76.2 cm³/mol. The van der Waals surface area contributed by atoms with Gasteiger partial charge >= 0.3 is 5.97 Å². The first-order valence-corrected chi connectivity index (χ1v) is 7.14. The van der Waals surface area contributed by atoms with Crippen molar-refractivity contribution in [3.63, 3.8) is 0 Å². The van der Waals surface area contributed by atoms with E-state index in [0.717, 1.165) is 0 Å². The quantitative estimate of drug-likeness (QED) is 0.913. The summed E-state index contributed by atoms with van der Waals surface area (Å²) in [6.45, 7) is 5.03. The Morgan fingerprint density at radius 1 is 1.52 bits per heavy atom. The van der Waals surface area contributed by atoms with Gasteiger partial charge in [0.25, 0.3) is 5.91 Å². The first-order valence-electron chi connectivity index (χ1n) is 7.14. The summed E-state index contributed by atoms with van der Waals surface area (Å²) in [5.74, 6) is -1.05. The minimum Gasteiger partial charge on any atom is -0.481 e. The van der Waals surface area contributed by atoms with E-state index >= 15 is 0 Å². The van der Waals surface area contributed by atoms with E-state index in [2.05, 4.69) is 4.98 Å². The van der Waals surface area contributed by atoms with E-state index in [-0.39, 0.29) is 17.7 Å². The largest absolute Gasteiger partial charge is 0.481 e. The summed E-state index contributed by atoms with van der Waals surface area (Å²) in [5, 5.41) is 9.13. The lowest BCUT2D eigenvalue weighted by atomic mass is 9.87. The number of rotatable bonds is 4. The van der Waals surface area contributed by atoms with Crippen LogP contribution >= 0.6 is 0 Å². The Bertz CT molecular complexity index is 532. The molecule has 0 bridgehead atoms. The highest BCUT2D eigenvalue weighted by atomic mass is 16.5. The molecule has 1 aromatic heterocycles. The van der Waals surface area contributed by atoms with Crippen LogP contribution in [0.4, 0.5) is 0 Å². The fourth-order valence-electron chi connectivity index (χ4n) is 2.67. The van der Waals surface area contributed by atoms with Crippen LogP contribution < -0.4 is 4.74 Å². The minimum absolute atomic E-state index is 0.0626. The fraction of sp³-hybridized carbons (Fsp3) is 0.533. The average Bonchev–Trinajstić information content (AvgIpc) is 2.47. The Hall–Kier alpha value is -2.11. The van der Waals surface area contributed by atoms with E-state index in [4.69, 9.17) is 9.84 Å². The second-order valence-corrected chi connectivity index (χ2v) is 5.25. The van der Waals surface area contributed by atoms with Crippen LogP contribution in [0, 0.1) is 11.8 Å². The average molecular weight is 292 g/mol. The SMILES string of the molecule is CCOc1ncccc1C(=O)N1CCC(C(=O)O)C(C)C1. The van der Waals surface area contributed by atoms with Crippen LogP contribution in [-0.2, 0) is 4.79 Å². The molecule has 1 aromatic rings. The van der Waals surface area contributed by atoms with Crippen molar-refractivity contribution in [3.05, 3.63) is 23.9 Å².